The zero-order valence-electron chi connectivity index (χ0n) is 16.9. The molecule has 0 saturated carbocycles. The highest BCUT2D eigenvalue weighted by Crippen LogP contribution is 2.23. The number of hydrogen-bond acceptors (Lipinski definition) is 4. The molecule has 1 N–H and O–H groups in total. The Labute approximate surface area is 176 Å². The Bertz CT molecular complexity index is 881. The lowest BCUT2D eigenvalue weighted by Gasteiger charge is -2.23. The average molecular weight is 417 g/mol. The molecule has 2 amide bonds. The molecule has 0 saturated heterocycles. The Morgan fingerprint density at radius 3 is 2.45 bits per heavy atom. The van der Waals surface area contributed by atoms with Gasteiger partial charge in [-0.2, -0.15) is 0 Å². The van der Waals surface area contributed by atoms with Crippen LogP contribution >= 0.6 is 11.6 Å². The fourth-order valence-electron chi connectivity index (χ4n) is 2.74. The maximum Gasteiger partial charge on any atom is 0.244 e. The summed E-state index contributed by atoms with van der Waals surface area (Å²) >= 11 is 6.04. The molecule has 1 unspecified atom stereocenters. The molecule has 29 heavy (non-hydrogen) atoms. The fourth-order valence-corrected chi connectivity index (χ4v) is 2.94. The van der Waals surface area contributed by atoms with Crippen LogP contribution in [0.1, 0.15) is 18.1 Å². The highest BCUT2D eigenvalue weighted by atomic mass is 35.5. The zero-order chi connectivity index (χ0) is 21.4. The van der Waals surface area contributed by atoms with E-state index in [0.29, 0.717) is 17.3 Å². The Hall–Kier alpha value is -2.99. The minimum absolute atomic E-state index is 0.224. The molecule has 2 rings (SSSR count). The molecule has 0 aliphatic heterocycles. The molecule has 0 radical (unpaired) electrons. The van der Waals surface area contributed by atoms with Gasteiger partial charge in [0, 0.05) is 30.3 Å². The van der Waals surface area contributed by atoms with Gasteiger partial charge >= 0.3 is 0 Å². The van der Waals surface area contributed by atoms with Crippen LogP contribution in [0.3, 0.4) is 0 Å². The largest absolute Gasteiger partial charge is 0.497 e. The summed E-state index contributed by atoms with van der Waals surface area (Å²) in [5, 5.41) is 3.24. The summed E-state index contributed by atoms with van der Waals surface area (Å²) in [5.41, 5.74) is 1.64. The van der Waals surface area contributed by atoms with Crippen LogP contribution < -0.4 is 14.8 Å². The van der Waals surface area contributed by atoms with Gasteiger partial charge in [-0.1, -0.05) is 23.7 Å². The molecule has 6 nitrogen and oxygen atoms in total. The Morgan fingerprint density at radius 2 is 1.83 bits per heavy atom. The summed E-state index contributed by atoms with van der Waals surface area (Å²) in [6.45, 7) is 1.96. The third kappa shape index (κ3) is 6.54. The number of likely N-dealkylation sites (N-methyl/N-ethyl adjacent to an activating group) is 1. The average Bonchev–Trinajstić information content (AvgIpc) is 2.72. The number of nitrogens with zero attached hydrogens (tertiary/aromatic N) is 1. The lowest BCUT2D eigenvalue weighted by atomic mass is 10.1. The molecule has 0 spiro atoms. The monoisotopic (exact) mass is 416 g/mol. The first-order valence-electron chi connectivity index (χ1n) is 9.04. The number of carbonyl (C=O) groups excluding carboxylic acids is 2. The molecule has 0 aromatic heterocycles. The molecule has 154 valence electrons. The van der Waals surface area contributed by atoms with Crippen molar-refractivity contribution in [2.75, 3.05) is 21.3 Å². The van der Waals surface area contributed by atoms with Gasteiger partial charge in [-0.05, 0) is 48.9 Å². The maximum absolute atomic E-state index is 12.6. The molecule has 1 atom stereocenters. The van der Waals surface area contributed by atoms with Crippen molar-refractivity contribution in [3.8, 4) is 11.5 Å². The van der Waals surface area contributed by atoms with Gasteiger partial charge in [-0.25, -0.2) is 0 Å². The third-order valence-electron chi connectivity index (χ3n) is 4.30. The minimum atomic E-state index is -0.682. The van der Waals surface area contributed by atoms with E-state index in [1.54, 1.807) is 52.5 Å². The number of rotatable bonds is 8. The molecule has 2 aromatic rings. The topological polar surface area (TPSA) is 67.9 Å². The molecule has 2 aromatic carbocycles. The number of benzene rings is 2. The number of hydrogen-bond donors (Lipinski definition) is 1. The summed E-state index contributed by atoms with van der Waals surface area (Å²) in [6.07, 6.45) is 3.07. The van der Waals surface area contributed by atoms with Crippen molar-refractivity contribution in [1.82, 2.24) is 10.2 Å². The van der Waals surface area contributed by atoms with Crippen LogP contribution in [0.25, 0.3) is 6.08 Å². The van der Waals surface area contributed by atoms with E-state index in [4.69, 9.17) is 21.1 Å². The first kappa shape index (κ1) is 22.3. The second kappa shape index (κ2) is 10.5. The highest BCUT2D eigenvalue weighted by molar-refractivity contribution is 6.30. The second-order valence-corrected chi connectivity index (χ2v) is 6.92. The molecule has 0 fully saturated rings. The maximum atomic E-state index is 12.6. The number of halogens is 1. The summed E-state index contributed by atoms with van der Waals surface area (Å²) < 4.78 is 10.4. The van der Waals surface area contributed by atoms with E-state index in [-0.39, 0.29) is 11.8 Å². The predicted molar refractivity (Wildman–Crippen MR) is 114 cm³/mol. The summed E-state index contributed by atoms with van der Waals surface area (Å²) in [4.78, 5) is 26.3. The number of methoxy groups -OCH3 is 2. The van der Waals surface area contributed by atoms with Gasteiger partial charge in [0.2, 0.25) is 11.8 Å². The van der Waals surface area contributed by atoms with Gasteiger partial charge in [0.1, 0.15) is 17.5 Å². The van der Waals surface area contributed by atoms with Gasteiger partial charge in [0.25, 0.3) is 0 Å². The molecular weight excluding hydrogens is 392 g/mol. The summed E-state index contributed by atoms with van der Waals surface area (Å²) in [5.74, 6) is 0.812. The van der Waals surface area contributed by atoms with Gasteiger partial charge in [-0.15, -0.1) is 0 Å². The van der Waals surface area contributed by atoms with Crippen LogP contribution in [-0.2, 0) is 16.1 Å². The minimum Gasteiger partial charge on any atom is -0.497 e. The number of nitrogens with one attached hydrogen (secondary N) is 1. The summed E-state index contributed by atoms with van der Waals surface area (Å²) in [7, 11) is 4.82. The van der Waals surface area contributed by atoms with Crippen LogP contribution in [0.15, 0.2) is 48.5 Å². The van der Waals surface area contributed by atoms with Crippen LogP contribution in [-0.4, -0.2) is 44.0 Å². The van der Waals surface area contributed by atoms with Crippen LogP contribution in [0.2, 0.25) is 5.02 Å². The van der Waals surface area contributed by atoms with Crippen molar-refractivity contribution in [3.63, 3.8) is 0 Å². The van der Waals surface area contributed by atoms with Crippen molar-refractivity contribution in [2.24, 2.45) is 0 Å². The Morgan fingerprint density at radius 1 is 1.14 bits per heavy atom. The normalized spacial score (nSPS) is 11.8. The fraction of sp³-hybridized carbons (Fsp3) is 0.273. The Balaban J connectivity index is 1.94. The van der Waals surface area contributed by atoms with E-state index in [9.17, 15) is 9.59 Å². The van der Waals surface area contributed by atoms with E-state index in [2.05, 4.69) is 5.32 Å². The van der Waals surface area contributed by atoms with Crippen molar-refractivity contribution in [3.05, 3.63) is 64.7 Å². The molecular formula is C22H25ClN2O4. The smallest absolute Gasteiger partial charge is 0.244 e. The lowest BCUT2D eigenvalue weighted by molar-refractivity contribution is -0.134. The highest BCUT2D eigenvalue weighted by Gasteiger charge is 2.20. The number of amides is 2. The van der Waals surface area contributed by atoms with Gasteiger partial charge in [0.15, 0.2) is 0 Å². The standard InChI is InChI=1S/C22H25ClN2O4/c1-15(24-21(26)12-7-16-5-9-19(28-3)10-6-16)22(27)25(2)14-17-13-18(23)8-11-20(17)29-4/h5-13,15H,14H2,1-4H3,(H,24,26)/b12-7+. The predicted octanol–water partition coefficient (Wildman–Crippen LogP) is 3.53. The van der Waals surface area contributed by atoms with E-state index >= 15 is 0 Å². The van der Waals surface area contributed by atoms with Crippen molar-refractivity contribution in [1.29, 1.82) is 0 Å². The first-order valence-corrected chi connectivity index (χ1v) is 9.42. The van der Waals surface area contributed by atoms with Crippen LogP contribution in [0, 0.1) is 0 Å². The molecule has 0 aliphatic rings. The van der Waals surface area contributed by atoms with Gasteiger partial charge in [-0.3, -0.25) is 9.59 Å². The van der Waals surface area contributed by atoms with E-state index in [1.165, 1.54) is 11.0 Å². The summed E-state index contributed by atoms with van der Waals surface area (Å²) in [6, 6.07) is 11.8. The Kier molecular flexibility index (Phi) is 8.09. The van der Waals surface area contributed by atoms with Crippen LogP contribution in [0.5, 0.6) is 11.5 Å². The molecule has 0 aliphatic carbocycles. The van der Waals surface area contributed by atoms with Gasteiger partial charge < -0.3 is 19.7 Å². The molecule has 7 heteroatoms. The molecule has 0 heterocycles. The zero-order valence-corrected chi connectivity index (χ0v) is 17.7. The quantitative estimate of drug-likeness (QED) is 0.668. The second-order valence-electron chi connectivity index (χ2n) is 6.49. The van der Waals surface area contributed by atoms with Crippen LogP contribution in [0.4, 0.5) is 0 Å². The van der Waals surface area contributed by atoms with E-state index < -0.39 is 6.04 Å². The van der Waals surface area contributed by atoms with E-state index in [1.807, 2.05) is 24.3 Å². The SMILES string of the molecule is COc1ccc(/C=C/C(=O)NC(C)C(=O)N(C)Cc2cc(Cl)ccc2OC)cc1. The first-order chi connectivity index (χ1) is 13.8. The van der Waals surface area contributed by atoms with Crippen molar-refractivity contribution < 1.29 is 19.1 Å². The lowest BCUT2D eigenvalue weighted by Crippen LogP contribution is -2.44. The van der Waals surface area contributed by atoms with Crippen molar-refractivity contribution >= 4 is 29.5 Å². The van der Waals surface area contributed by atoms with Crippen molar-refractivity contribution in [2.45, 2.75) is 19.5 Å². The number of ether oxygens (including phenoxy) is 2. The number of carbonyl (C=O) groups is 2. The van der Waals surface area contributed by atoms with Gasteiger partial charge in [0.05, 0.1) is 14.2 Å². The van der Waals surface area contributed by atoms with E-state index in [0.717, 1.165) is 16.9 Å². The molecule has 0 bridgehead atoms. The third-order valence-corrected chi connectivity index (χ3v) is 4.53.